The average molecular weight is 584 g/mol. The lowest BCUT2D eigenvalue weighted by atomic mass is 10.00. The summed E-state index contributed by atoms with van der Waals surface area (Å²) in [4.78, 5) is 40.7. The third-order valence-corrected chi connectivity index (χ3v) is 8.55. The average Bonchev–Trinajstić information content (AvgIpc) is 3.41. The molecule has 12 heteroatoms. The first-order valence-electron chi connectivity index (χ1n) is 13.1. The highest BCUT2D eigenvalue weighted by molar-refractivity contribution is 7.07. The van der Waals surface area contributed by atoms with Crippen LogP contribution in [0.3, 0.4) is 0 Å². The van der Waals surface area contributed by atoms with E-state index in [-0.39, 0.29) is 33.9 Å². The number of piperidine rings is 1. The molecule has 2 aliphatic heterocycles. The van der Waals surface area contributed by atoms with Gasteiger partial charge in [0.05, 0.1) is 31.0 Å². The van der Waals surface area contributed by atoms with E-state index in [2.05, 4.69) is 53.7 Å². The zero-order chi connectivity index (χ0) is 27.1. The molecular formula is C26H36Cl2N6O3S. The molecule has 9 nitrogen and oxygen atoms in total. The van der Waals surface area contributed by atoms with Gasteiger partial charge in [-0.05, 0) is 67.1 Å². The fourth-order valence-electron chi connectivity index (χ4n) is 5.11. The Morgan fingerprint density at radius 1 is 1.21 bits per heavy atom. The Balaban J connectivity index is 1.27. The van der Waals surface area contributed by atoms with Crippen LogP contribution in [0.25, 0.3) is 0 Å². The first-order chi connectivity index (χ1) is 18.3. The van der Waals surface area contributed by atoms with Crippen molar-refractivity contribution in [2.45, 2.75) is 51.7 Å². The van der Waals surface area contributed by atoms with Gasteiger partial charge in [-0.25, -0.2) is 9.97 Å². The lowest BCUT2D eigenvalue weighted by Crippen LogP contribution is -2.52. The fraction of sp³-hybridized carbons (Fsp3) is 0.615. The highest BCUT2D eigenvalue weighted by atomic mass is 35.5. The number of hydrogen-bond donors (Lipinski definition) is 1. The molecule has 208 valence electrons. The number of morpholine rings is 1. The Morgan fingerprint density at radius 2 is 1.95 bits per heavy atom. The van der Waals surface area contributed by atoms with E-state index in [4.69, 9.17) is 27.9 Å². The second-order valence-electron chi connectivity index (χ2n) is 9.95. The van der Waals surface area contributed by atoms with Crippen molar-refractivity contribution in [3.8, 4) is 0 Å². The lowest BCUT2D eigenvalue weighted by molar-refractivity contribution is -0.137. The van der Waals surface area contributed by atoms with Crippen molar-refractivity contribution in [2.24, 2.45) is 0 Å². The molecule has 2 saturated heterocycles. The van der Waals surface area contributed by atoms with E-state index in [0.29, 0.717) is 44.6 Å². The number of aromatic nitrogens is 2. The molecular weight excluding hydrogens is 547 g/mol. The molecule has 1 atom stereocenters. The molecule has 0 radical (unpaired) electrons. The summed E-state index contributed by atoms with van der Waals surface area (Å²) in [7, 11) is 0. The number of nitrogens with one attached hydrogen (secondary N) is 1. The Bertz CT molecular complexity index is 1050. The van der Waals surface area contributed by atoms with Crippen molar-refractivity contribution in [1.82, 2.24) is 30.0 Å². The second kappa shape index (κ2) is 14.0. The SMILES string of the molecule is Cc1nc(Cl)nc(Cl)c1C(=O)NCC[C@@H](C)N1CCC(N(Cc2ccsc2)C(=O)CN2CCOCC2)CC1. The number of hydrogen-bond acceptors (Lipinski definition) is 8. The summed E-state index contributed by atoms with van der Waals surface area (Å²) in [5.41, 5.74) is 1.91. The van der Waals surface area contributed by atoms with Gasteiger partial charge in [-0.1, -0.05) is 11.6 Å². The van der Waals surface area contributed by atoms with Crippen LogP contribution >= 0.6 is 34.5 Å². The third kappa shape index (κ3) is 7.86. The standard InChI is InChI=1S/C26H36Cl2N6O3S/c1-18(3-7-29-25(36)23-19(2)30-26(28)31-24(23)27)33-8-4-21(5-9-33)34(15-20-6-14-38-17-20)22(35)16-32-10-12-37-13-11-32/h6,14,17-18,21H,3-5,7-13,15-16H2,1-2H3,(H,29,36)/t18-/m1/s1. The number of thiophene rings is 1. The molecule has 38 heavy (non-hydrogen) atoms. The molecule has 1 N–H and O–H groups in total. The largest absolute Gasteiger partial charge is 0.379 e. The minimum atomic E-state index is -0.294. The number of nitrogens with zero attached hydrogens (tertiary/aromatic N) is 5. The minimum Gasteiger partial charge on any atom is -0.379 e. The maximum atomic E-state index is 13.4. The van der Waals surface area contributed by atoms with Gasteiger partial charge < -0.3 is 19.9 Å². The van der Waals surface area contributed by atoms with Gasteiger partial charge in [-0.2, -0.15) is 11.3 Å². The summed E-state index contributed by atoms with van der Waals surface area (Å²) in [6.07, 6.45) is 2.68. The quantitative estimate of drug-likeness (QED) is 0.338. The van der Waals surface area contributed by atoms with Gasteiger partial charge in [0.25, 0.3) is 5.91 Å². The Hall–Kier alpha value is -1.82. The summed E-state index contributed by atoms with van der Waals surface area (Å²) in [6, 6.07) is 2.63. The Morgan fingerprint density at radius 3 is 2.61 bits per heavy atom. The number of ether oxygens (including phenoxy) is 1. The molecule has 0 aliphatic carbocycles. The molecule has 2 aromatic rings. The number of halogens is 2. The summed E-state index contributed by atoms with van der Waals surface area (Å²) >= 11 is 13.6. The smallest absolute Gasteiger partial charge is 0.256 e. The van der Waals surface area contributed by atoms with Crippen LogP contribution in [0.2, 0.25) is 10.4 Å². The predicted octanol–water partition coefficient (Wildman–Crippen LogP) is 3.49. The highest BCUT2D eigenvalue weighted by Gasteiger charge is 2.31. The van der Waals surface area contributed by atoms with Crippen LogP contribution in [0.4, 0.5) is 0 Å². The van der Waals surface area contributed by atoms with Crippen molar-refractivity contribution in [3.05, 3.63) is 44.1 Å². The summed E-state index contributed by atoms with van der Waals surface area (Å²) in [5.74, 6) is -0.0922. The van der Waals surface area contributed by atoms with Crippen LogP contribution in [0, 0.1) is 6.92 Å². The number of likely N-dealkylation sites (tertiary alicyclic amines) is 1. The number of aryl methyl sites for hydroxylation is 1. The summed E-state index contributed by atoms with van der Waals surface area (Å²) in [5, 5.41) is 7.22. The van der Waals surface area contributed by atoms with E-state index in [9.17, 15) is 9.59 Å². The Kier molecular flexibility index (Phi) is 10.7. The van der Waals surface area contributed by atoms with Crippen molar-refractivity contribution < 1.29 is 14.3 Å². The van der Waals surface area contributed by atoms with E-state index >= 15 is 0 Å². The molecule has 0 saturated carbocycles. The van der Waals surface area contributed by atoms with E-state index in [1.807, 2.05) is 0 Å². The maximum Gasteiger partial charge on any atom is 0.256 e. The van der Waals surface area contributed by atoms with Crippen molar-refractivity contribution in [1.29, 1.82) is 0 Å². The van der Waals surface area contributed by atoms with Gasteiger partial charge in [-0.3, -0.25) is 14.5 Å². The van der Waals surface area contributed by atoms with Gasteiger partial charge in [0.2, 0.25) is 11.2 Å². The van der Waals surface area contributed by atoms with Gasteiger partial charge >= 0.3 is 0 Å². The molecule has 2 aliphatic rings. The maximum absolute atomic E-state index is 13.4. The van der Waals surface area contributed by atoms with E-state index < -0.39 is 0 Å². The first kappa shape index (κ1) is 29.2. The van der Waals surface area contributed by atoms with E-state index in [0.717, 1.165) is 45.4 Å². The number of rotatable bonds is 10. The Labute approximate surface area is 238 Å². The number of carbonyl (C=O) groups excluding carboxylic acids is 2. The zero-order valence-corrected chi connectivity index (χ0v) is 24.3. The van der Waals surface area contributed by atoms with Gasteiger partial charge in [0.15, 0.2) is 0 Å². The van der Waals surface area contributed by atoms with Crippen LogP contribution in [0.1, 0.15) is 47.8 Å². The minimum absolute atomic E-state index is 0.0257. The van der Waals surface area contributed by atoms with E-state index in [1.54, 1.807) is 18.3 Å². The zero-order valence-electron chi connectivity index (χ0n) is 22.0. The summed E-state index contributed by atoms with van der Waals surface area (Å²) < 4.78 is 5.45. The number of amides is 2. The van der Waals surface area contributed by atoms with Crippen LogP contribution in [-0.2, 0) is 16.1 Å². The predicted molar refractivity (Wildman–Crippen MR) is 150 cm³/mol. The molecule has 2 fully saturated rings. The van der Waals surface area contributed by atoms with Crippen LogP contribution < -0.4 is 5.32 Å². The molecule has 2 aromatic heterocycles. The molecule has 0 spiro atoms. The third-order valence-electron chi connectivity index (χ3n) is 7.37. The van der Waals surface area contributed by atoms with Gasteiger partial charge in [-0.15, -0.1) is 0 Å². The molecule has 4 rings (SSSR count). The van der Waals surface area contributed by atoms with Crippen molar-refractivity contribution in [2.75, 3.05) is 52.5 Å². The molecule has 0 unspecified atom stereocenters. The van der Waals surface area contributed by atoms with Crippen LogP contribution in [0.15, 0.2) is 16.8 Å². The summed E-state index contributed by atoms with van der Waals surface area (Å²) in [6.45, 7) is 10.3. The van der Waals surface area contributed by atoms with Crippen molar-refractivity contribution >= 4 is 46.4 Å². The lowest BCUT2D eigenvalue weighted by Gasteiger charge is -2.41. The highest BCUT2D eigenvalue weighted by Crippen LogP contribution is 2.23. The van der Waals surface area contributed by atoms with Crippen molar-refractivity contribution in [3.63, 3.8) is 0 Å². The molecule has 2 amide bonds. The van der Waals surface area contributed by atoms with Gasteiger partial charge in [0.1, 0.15) is 5.15 Å². The van der Waals surface area contributed by atoms with Gasteiger partial charge in [0, 0.05) is 51.4 Å². The molecule has 0 bridgehead atoms. The number of carbonyl (C=O) groups is 2. The normalized spacial score (nSPS) is 18.3. The second-order valence-corrected chi connectivity index (χ2v) is 11.4. The molecule has 0 aromatic carbocycles. The molecule has 4 heterocycles. The van der Waals surface area contributed by atoms with E-state index in [1.165, 1.54) is 5.56 Å². The monoisotopic (exact) mass is 582 g/mol. The van der Waals surface area contributed by atoms with Crippen LogP contribution in [0.5, 0.6) is 0 Å². The fourth-order valence-corrected chi connectivity index (χ4v) is 6.33. The topological polar surface area (TPSA) is 90.9 Å². The van der Waals surface area contributed by atoms with Crippen LogP contribution in [-0.4, -0.2) is 101 Å². The first-order valence-corrected chi connectivity index (χ1v) is 14.8.